The first-order valence-electron chi connectivity index (χ1n) is 6.95. The first kappa shape index (κ1) is 17.2. The van der Waals surface area contributed by atoms with Gasteiger partial charge in [-0.15, -0.1) is 0 Å². The number of carbonyl (C=O) groups excluding carboxylic acids is 2. The molecular formula is C13H23N5O2S. The fourth-order valence-corrected chi connectivity index (χ4v) is 2.68. The maximum absolute atomic E-state index is 12.5. The lowest BCUT2D eigenvalue weighted by molar-refractivity contribution is -0.118. The minimum Gasteiger partial charge on any atom is -0.382 e. The van der Waals surface area contributed by atoms with Gasteiger partial charge in [-0.25, -0.2) is 4.98 Å². The quantitative estimate of drug-likeness (QED) is 0.742. The standard InChI is InChI=1S/C13H23N5O2S/c1-4-6-7-18(8-9(14)19)12(20)10-11(15)16-13(21-10)17(3)5-2/h4-8,15H2,1-3H3,(H2,14,19). The summed E-state index contributed by atoms with van der Waals surface area (Å²) in [5, 5.41) is 0.688. The fraction of sp³-hybridized carbons (Fsp3) is 0.615. The van der Waals surface area contributed by atoms with Crippen molar-refractivity contribution >= 4 is 34.1 Å². The van der Waals surface area contributed by atoms with Crippen LogP contribution in [-0.2, 0) is 4.79 Å². The van der Waals surface area contributed by atoms with E-state index in [1.165, 1.54) is 16.2 Å². The van der Waals surface area contributed by atoms with E-state index in [1.807, 2.05) is 25.8 Å². The van der Waals surface area contributed by atoms with Crippen LogP contribution in [0.25, 0.3) is 0 Å². The molecular weight excluding hydrogens is 290 g/mol. The molecule has 21 heavy (non-hydrogen) atoms. The topological polar surface area (TPSA) is 106 Å². The molecule has 0 unspecified atom stereocenters. The van der Waals surface area contributed by atoms with E-state index in [4.69, 9.17) is 11.5 Å². The Kier molecular flexibility index (Phi) is 6.41. The van der Waals surface area contributed by atoms with E-state index in [2.05, 4.69) is 4.98 Å². The highest BCUT2D eigenvalue weighted by atomic mass is 32.1. The molecule has 7 nitrogen and oxygen atoms in total. The molecule has 0 fully saturated rings. The highest BCUT2D eigenvalue weighted by Gasteiger charge is 2.23. The predicted molar refractivity (Wildman–Crippen MR) is 85.5 cm³/mol. The molecule has 1 aromatic rings. The van der Waals surface area contributed by atoms with Crippen LogP contribution >= 0.6 is 11.3 Å². The van der Waals surface area contributed by atoms with E-state index in [9.17, 15) is 9.59 Å². The van der Waals surface area contributed by atoms with Gasteiger partial charge in [-0.05, 0) is 13.3 Å². The van der Waals surface area contributed by atoms with Crippen LogP contribution in [-0.4, -0.2) is 48.4 Å². The number of nitrogens with zero attached hydrogens (tertiary/aromatic N) is 3. The Morgan fingerprint density at radius 3 is 2.52 bits per heavy atom. The second-order valence-electron chi connectivity index (χ2n) is 4.77. The molecule has 0 aliphatic heterocycles. The van der Waals surface area contributed by atoms with Crippen LogP contribution < -0.4 is 16.4 Å². The third kappa shape index (κ3) is 4.59. The maximum atomic E-state index is 12.5. The van der Waals surface area contributed by atoms with Gasteiger partial charge < -0.3 is 21.3 Å². The number of primary amides is 1. The number of hydrogen-bond acceptors (Lipinski definition) is 6. The summed E-state index contributed by atoms with van der Waals surface area (Å²) in [5.41, 5.74) is 11.1. The number of amides is 2. The van der Waals surface area contributed by atoms with Crippen LogP contribution in [0, 0.1) is 0 Å². The second kappa shape index (κ2) is 7.82. The lowest BCUT2D eigenvalue weighted by Gasteiger charge is -2.20. The van der Waals surface area contributed by atoms with Gasteiger partial charge in [0.05, 0.1) is 6.54 Å². The molecule has 2 amide bonds. The Hall–Kier alpha value is -1.83. The minimum absolute atomic E-state index is 0.102. The average Bonchev–Trinajstić information content (AvgIpc) is 2.83. The molecule has 1 heterocycles. The van der Waals surface area contributed by atoms with E-state index >= 15 is 0 Å². The smallest absolute Gasteiger partial charge is 0.268 e. The van der Waals surface area contributed by atoms with E-state index in [-0.39, 0.29) is 18.3 Å². The van der Waals surface area contributed by atoms with Crippen molar-refractivity contribution in [3.63, 3.8) is 0 Å². The van der Waals surface area contributed by atoms with Crippen molar-refractivity contribution in [1.29, 1.82) is 0 Å². The van der Waals surface area contributed by atoms with E-state index in [1.54, 1.807) is 0 Å². The van der Waals surface area contributed by atoms with Crippen molar-refractivity contribution < 1.29 is 9.59 Å². The predicted octanol–water partition coefficient (Wildman–Crippen LogP) is 0.909. The normalized spacial score (nSPS) is 10.4. The molecule has 118 valence electrons. The first-order chi connectivity index (χ1) is 9.90. The Labute approximate surface area is 128 Å². The third-order valence-electron chi connectivity index (χ3n) is 3.05. The maximum Gasteiger partial charge on any atom is 0.268 e. The lowest BCUT2D eigenvalue weighted by Crippen LogP contribution is -2.39. The van der Waals surface area contributed by atoms with E-state index in [0.717, 1.165) is 19.4 Å². The second-order valence-corrected chi connectivity index (χ2v) is 5.75. The molecule has 0 spiro atoms. The monoisotopic (exact) mass is 313 g/mol. The number of hydrogen-bond donors (Lipinski definition) is 2. The van der Waals surface area contributed by atoms with Crippen molar-refractivity contribution in [2.24, 2.45) is 5.73 Å². The lowest BCUT2D eigenvalue weighted by atomic mass is 10.3. The molecule has 0 atom stereocenters. The van der Waals surface area contributed by atoms with Gasteiger partial charge >= 0.3 is 0 Å². The summed E-state index contributed by atoms with van der Waals surface area (Å²) in [6, 6.07) is 0. The number of thiazole rings is 1. The number of carbonyl (C=O) groups is 2. The van der Waals surface area contributed by atoms with Crippen LogP contribution in [0.3, 0.4) is 0 Å². The van der Waals surface area contributed by atoms with Crippen LogP contribution in [0.5, 0.6) is 0 Å². The third-order valence-corrected chi connectivity index (χ3v) is 4.23. The van der Waals surface area contributed by atoms with Gasteiger partial charge in [0.1, 0.15) is 10.7 Å². The summed E-state index contributed by atoms with van der Waals surface area (Å²) >= 11 is 1.24. The zero-order chi connectivity index (χ0) is 16.0. The number of aromatic nitrogens is 1. The van der Waals surface area contributed by atoms with Gasteiger partial charge in [-0.1, -0.05) is 24.7 Å². The van der Waals surface area contributed by atoms with Crippen molar-refractivity contribution in [3.8, 4) is 0 Å². The first-order valence-corrected chi connectivity index (χ1v) is 7.77. The molecule has 0 saturated carbocycles. The highest BCUT2D eigenvalue weighted by Crippen LogP contribution is 2.28. The highest BCUT2D eigenvalue weighted by molar-refractivity contribution is 7.18. The number of nitrogen functional groups attached to an aromatic ring is 1. The number of nitrogens with two attached hydrogens (primary N) is 2. The van der Waals surface area contributed by atoms with Gasteiger partial charge in [-0.2, -0.15) is 0 Å². The Morgan fingerprint density at radius 2 is 2.00 bits per heavy atom. The van der Waals surface area contributed by atoms with Gasteiger partial charge in [0.15, 0.2) is 5.13 Å². The molecule has 0 radical (unpaired) electrons. The summed E-state index contributed by atoms with van der Waals surface area (Å²) < 4.78 is 0. The van der Waals surface area contributed by atoms with Gasteiger partial charge in [0.25, 0.3) is 5.91 Å². The molecule has 0 saturated heterocycles. The zero-order valence-electron chi connectivity index (χ0n) is 12.8. The van der Waals surface area contributed by atoms with Gasteiger partial charge in [-0.3, -0.25) is 9.59 Å². The molecule has 8 heteroatoms. The Bertz CT molecular complexity index is 503. The van der Waals surface area contributed by atoms with Gasteiger partial charge in [0, 0.05) is 20.1 Å². The van der Waals surface area contributed by atoms with Crippen molar-refractivity contribution in [2.75, 3.05) is 37.3 Å². The summed E-state index contributed by atoms with van der Waals surface area (Å²) in [5.74, 6) is -0.618. The molecule has 0 aliphatic carbocycles. The Balaban J connectivity index is 2.96. The van der Waals surface area contributed by atoms with Crippen LogP contribution in [0.1, 0.15) is 36.4 Å². The summed E-state index contributed by atoms with van der Waals surface area (Å²) in [6.45, 7) is 5.15. The molecule has 4 N–H and O–H groups in total. The SMILES string of the molecule is CCCCN(CC(N)=O)C(=O)c1sc(N(C)CC)nc1N. The van der Waals surface area contributed by atoms with E-state index < -0.39 is 5.91 Å². The van der Waals surface area contributed by atoms with Gasteiger partial charge in [0.2, 0.25) is 5.91 Å². The van der Waals surface area contributed by atoms with Crippen LogP contribution in [0.4, 0.5) is 10.9 Å². The van der Waals surface area contributed by atoms with Crippen LogP contribution in [0.2, 0.25) is 0 Å². The number of rotatable bonds is 8. The Morgan fingerprint density at radius 1 is 1.33 bits per heavy atom. The molecule has 1 aromatic heterocycles. The fourth-order valence-electron chi connectivity index (χ4n) is 1.71. The van der Waals surface area contributed by atoms with E-state index in [0.29, 0.717) is 16.6 Å². The summed E-state index contributed by atoms with van der Waals surface area (Å²) in [7, 11) is 1.88. The van der Waals surface area contributed by atoms with Crippen molar-refractivity contribution in [3.05, 3.63) is 4.88 Å². The molecule has 1 rings (SSSR count). The number of unbranched alkanes of at least 4 members (excludes halogenated alkanes) is 1. The number of anilines is 2. The summed E-state index contributed by atoms with van der Waals surface area (Å²) in [4.78, 5) is 31.6. The molecule has 0 aromatic carbocycles. The molecule has 0 aliphatic rings. The minimum atomic E-state index is -0.534. The van der Waals surface area contributed by atoms with Crippen molar-refractivity contribution in [1.82, 2.24) is 9.88 Å². The largest absolute Gasteiger partial charge is 0.382 e. The average molecular weight is 313 g/mol. The zero-order valence-corrected chi connectivity index (χ0v) is 13.6. The van der Waals surface area contributed by atoms with Crippen LogP contribution in [0.15, 0.2) is 0 Å². The molecule has 0 bridgehead atoms. The summed E-state index contributed by atoms with van der Waals surface area (Å²) in [6.07, 6.45) is 1.73. The van der Waals surface area contributed by atoms with Crippen molar-refractivity contribution in [2.45, 2.75) is 26.7 Å².